The van der Waals surface area contributed by atoms with Crippen LogP contribution in [0.4, 0.5) is 5.13 Å². The number of anilines is 1. The summed E-state index contributed by atoms with van der Waals surface area (Å²) < 4.78 is 0. The lowest BCUT2D eigenvalue weighted by Crippen LogP contribution is -2.14. The summed E-state index contributed by atoms with van der Waals surface area (Å²) in [5.41, 5.74) is 2.85. The predicted octanol–water partition coefficient (Wildman–Crippen LogP) is 2.28. The van der Waals surface area contributed by atoms with Crippen molar-refractivity contribution < 1.29 is 4.79 Å². The Morgan fingerprint density at radius 2 is 2.18 bits per heavy atom. The van der Waals surface area contributed by atoms with Crippen LogP contribution in [-0.2, 0) is 4.79 Å². The molecule has 1 amide bonds. The van der Waals surface area contributed by atoms with Crippen LogP contribution in [0, 0.1) is 5.92 Å². The smallest absolute Gasteiger partial charge is 0.229 e. The minimum absolute atomic E-state index is 0.0515. The van der Waals surface area contributed by atoms with Crippen molar-refractivity contribution in [2.75, 3.05) is 5.32 Å². The topological polar surface area (TPSA) is 54.9 Å². The molecule has 2 atom stereocenters. The first kappa shape index (κ1) is 10.4. The second-order valence-electron chi connectivity index (χ2n) is 4.09. The molecule has 1 aliphatic rings. The van der Waals surface area contributed by atoms with Gasteiger partial charge in [0.25, 0.3) is 0 Å². The average molecular weight is 245 g/mol. The minimum Gasteiger partial charge on any atom is -0.300 e. The molecule has 0 radical (unpaired) electrons. The molecule has 1 aliphatic carbocycles. The Morgan fingerprint density at radius 1 is 1.35 bits per heavy atom. The standard InChI is InChI=1S/C12H11N3OS/c16-11(14-12-15-13-7-17-12)10-6-9(10)8-4-2-1-3-5-8/h1-5,7,9-10H,6H2,(H,14,15,16)/t9-,10-/m0/s1. The molecule has 86 valence electrons. The Hall–Kier alpha value is -1.75. The summed E-state index contributed by atoms with van der Waals surface area (Å²) in [7, 11) is 0. The third-order valence-corrected chi connectivity index (χ3v) is 3.55. The van der Waals surface area contributed by atoms with E-state index < -0.39 is 0 Å². The molecule has 0 unspecified atom stereocenters. The maximum atomic E-state index is 11.9. The van der Waals surface area contributed by atoms with E-state index in [1.54, 1.807) is 5.51 Å². The zero-order valence-electron chi connectivity index (χ0n) is 9.04. The molecule has 1 fully saturated rings. The van der Waals surface area contributed by atoms with Crippen molar-refractivity contribution in [2.24, 2.45) is 5.92 Å². The van der Waals surface area contributed by atoms with E-state index in [1.165, 1.54) is 16.9 Å². The molecule has 0 bridgehead atoms. The third-order valence-electron chi connectivity index (χ3n) is 2.95. The molecule has 3 rings (SSSR count). The largest absolute Gasteiger partial charge is 0.300 e. The fourth-order valence-corrected chi connectivity index (χ4v) is 2.43. The second-order valence-corrected chi connectivity index (χ2v) is 4.93. The summed E-state index contributed by atoms with van der Waals surface area (Å²) in [6.45, 7) is 0. The number of carbonyl (C=O) groups excluding carboxylic acids is 1. The summed E-state index contributed by atoms with van der Waals surface area (Å²) in [5, 5.41) is 10.9. The summed E-state index contributed by atoms with van der Waals surface area (Å²) in [6.07, 6.45) is 0.925. The molecule has 2 aromatic rings. The molecule has 1 saturated carbocycles. The molecular formula is C12H11N3OS. The lowest BCUT2D eigenvalue weighted by atomic mass is 10.1. The molecule has 1 aromatic heterocycles. The van der Waals surface area contributed by atoms with Gasteiger partial charge in [0.15, 0.2) is 0 Å². The van der Waals surface area contributed by atoms with Gasteiger partial charge >= 0.3 is 0 Å². The van der Waals surface area contributed by atoms with E-state index in [-0.39, 0.29) is 11.8 Å². The highest BCUT2D eigenvalue weighted by Crippen LogP contribution is 2.47. The Bertz CT molecular complexity index is 512. The summed E-state index contributed by atoms with van der Waals surface area (Å²) >= 11 is 1.34. The number of amides is 1. The normalized spacial score (nSPS) is 22.1. The van der Waals surface area contributed by atoms with Crippen LogP contribution in [0.15, 0.2) is 35.8 Å². The number of nitrogens with zero attached hydrogens (tertiary/aromatic N) is 2. The van der Waals surface area contributed by atoms with E-state index in [1.807, 2.05) is 18.2 Å². The first-order valence-electron chi connectivity index (χ1n) is 5.46. The fraction of sp³-hybridized carbons (Fsp3) is 0.250. The van der Waals surface area contributed by atoms with Gasteiger partial charge < -0.3 is 5.32 Å². The van der Waals surface area contributed by atoms with Gasteiger partial charge in [0, 0.05) is 5.92 Å². The van der Waals surface area contributed by atoms with Crippen LogP contribution in [0.5, 0.6) is 0 Å². The lowest BCUT2D eigenvalue weighted by molar-refractivity contribution is -0.117. The van der Waals surface area contributed by atoms with Gasteiger partial charge in [-0.1, -0.05) is 41.7 Å². The van der Waals surface area contributed by atoms with Crippen molar-refractivity contribution in [3.63, 3.8) is 0 Å². The van der Waals surface area contributed by atoms with Crippen LogP contribution in [-0.4, -0.2) is 16.1 Å². The molecule has 1 heterocycles. The number of benzene rings is 1. The van der Waals surface area contributed by atoms with Crippen molar-refractivity contribution in [3.8, 4) is 0 Å². The molecular weight excluding hydrogens is 234 g/mol. The van der Waals surface area contributed by atoms with Crippen LogP contribution < -0.4 is 5.32 Å². The van der Waals surface area contributed by atoms with E-state index in [0.717, 1.165) is 6.42 Å². The average Bonchev–Trinajstić information content (AvgIpc) is 3.02. The molecule has 0 spiro atoms. The first-order valence-corrected chi connectivity index (χ1v) is 6.34. The van der Waals surface area contributed by atoms with E-state index >= 15 is 0 Å². The second kappa shape index (κ2) is 4.25. The number of hydrogen-bond donors (Lipinski definition) is 1. The predicted molar refractivity (Wildman–Crippen MR) is 65.8 cm³/mol. The summed E-state index contributed by atoms with van der Waals surface area (Å²) in [5.74, 6) is 0.501. The number of carbonyl (C=O) groups is 1. The Balaban J connectivity index is 1.63. The van der Waals surface area contributed by atoms with Gasteiger partial charge in [-0.05, 0) is 17.9 Å². The van der Waals surface area contributed by atoms with E-state index in [4.69, 9.17) is 0 Å². The van der Waals surface area contributed by atoms with Crippen molar-refractivity contribution in [2.45, 2.75) is 12.3 Å². The fourth-order valence-electron chi connectivity index (χ4n) is 1.98. The van der Waals surface area contributed by atoms with Gasteiger partial charge in [-0.15, -0.1) is 10.2 Å². The van der Waals surface area contributed by atoms with Gasteiger partial charge in [0.05, 0.1) is 0 Å². The number of rotatable bonds is 3. The Morgan fingerprint density at radius 3 is 2.88 bits per heavy atom. The number of hydrogen-bond acceptors (Lipinski definition) is 4. The molecule has 0 aliphatic heterocycles. The number of nitrogens with one attached hydrogen (secondary N) is 1. The van der Waals surface area contributed by atoms with Crippen LogP contribution in [0.25, 0.3) is 0 Å². The van der Waals surface area contributed by atoms with Crippen molar-refractivity contribution in [3.05, 3.63) is 41.4 Å². The van der Waals surface area contributed by atoms with Gasteiger partial charge in [0.2, 0.25) is 11.0 Å². The molecule has 17 heavy (non-hydrogen) atoms. The molecule has 1 N–H and O–H groups in total. The highest BCUT2D eigenvalue weighted by atomic mass is 32.1. The Labute approximate surface area is 103 Å². The van der Waals surface area contributed by atoms with Crippen molar-refractivity contribution in [1.82, 2.24) is 10.2 Å². The maximum Gasteiger partial charge on any atom is 0.229 e. The monoisotopic (exact) mass is 245 g/mol. The van der Waals surface area contributed by atoms with Gasteiger partial charge in [-0.2, -0.15) is 0 Å². The molecule has 0 saturated heterocycles. The molecule has 4 nitrogen and oxygen atoms in total. The van der Waals surface area contributed by atoms with Gasteiger partial charge in [0.1, 0.15) is 5.51 Å². The maximum absolute atomic E-state index is 11.9. The van der Waals surface area contributed by atoms with E-state index in [0.29, 0.717) is 11.0 Å². The lowest BCUT2D eigenvalue weighted by Gasteiger charge is -2.00. The SMILES string of the molecule is O=C(Nc1nncs1)[C@H]1C[C@H]1c1ccccc1. The first-order chi connectivity index (χ1) is 8.34. The van der Waals surface area contributed by atoms with Crippen molar-refractivity contribution in [1.29, 1.82) is 0 Å². The van der Waals surface area contributed by atoms with Crippen LogP contribution in [0.1, 0.15) is 17.9 Å². The molecule has 5 heteroatoms. The van der Waals surface area contributed by atoms with Gasteiger partial charge in [-0.3, -0.25) is 4.79 Å². The summed E-state index contributed by atoms with van der Waals surface area (Å²) in [6, 6.07) is 10.1. The third kappa shape index (κ3) is 2.19. The van der Waals surface area contributed by atoms with Crippen LogP contribution >= 0.6 is 11.3 Å². The highest BCUT2D eigenvalue weighted by molar-refractivity contribution is 7.13. The van der Waals surface area contributed by atoms with E-state index in [9.17, 15) is 4.79 Å². The van der Waals surface area contributed by atoms with Crippen molar-refractivity contribution >= 4 is 22.4 Å². The zero-order valence-corrected chi connectivity index (χ0v) is 9.85. The minimum atomic E-state index is 0.0515. The van der Waals surface area contributed by atoms with Crippen LogP contribution in [0.2, 0.25) is 0 Å². The van der Waals surface area contributed by atoms with Crippen LogP contribution in [0.3, 0.4) is 0 Å². The zero-order chi connectivity index (χ0) is 11.7. The highest BCUT2D eigenvalue weighted by Gasteiger charge is 2.43. The van der Waals surface area contributed by atoms with Gasteiger partial charge in [-0.25, -0.2) is 0 Å². The quantitative estimate of drug-likeness (QED) is 0.902. The number of aromatic nitrogens is 2. The molecule has 1 aromatic carbocycles. The Kier molecular flexibility index (Phi) is 2.60. The summed E-state index contributed by atoms with van der Waals surface area (Å²) in [4.78, 5) is 11.9. The van der Waals surface area contributed by atoms with E-state index in [2.05, 4.69) is 27.6 Å².